The van der Waals surface area contributed by atoms with Gasteiger partial charge in [-0.25, -0.2) is 21.8 Å². The lowest BCUT2D eigenvalue weighted by Gasteiger charge is -2.09. The summed E-state index contributed by atoms with van der Waals surface area (Å²) in [6.45, 7) is 3.28. The Morgan fingerprint density at radius 1 is 0.926 bits per heavy atom. The van der Waals surface area contributed by atoms with Gasteiger partial charge in [-0.2, -0.15) is 0 Å². The lowest BCUT2D eigenvalue weighted by molar-refractivity contribution is 0.521. The number of benzene rings is 2. The van der Waals surface area contributed by atoms with Crippen molar-refractivity contribution in [3.05, 3.63) is 60.7 Å². The predicted molar refractivity (Wildman–Crippen MR) is 102 cm³/mol. The van der Waals surface area contributed by atoms with Crippen molar-refractivity contribution in [1.29, 1.82) is 0 Å². The van der Waals surface area contributed by atoms with Gasteiger partial charge in [0, 0.05) is 18.2 Å². The van der Waals surface area contributed by atoms with E-state index in [9.17, 15) is 16.8 Å². The summed E-state index contributed by atoms with van der Waals surface area (Å²) in [5.74, 6) is 0.507. The molecule has 27 heavy (non-hydrogen) atoms. The van der Waals surface area contributed by atoms with Gasteiger partial charge in [-0.15, -0.1) is 0 Å². The Morgan fingerprint density at radius 3 is 2.04 bits per heavy atom. The minimum absolute atomic E-state index is 0.0184. The fourth-order valence-corrected chi connectivity index (χ4v) is 4.35. The Morgan fingerprint density at radius 2 is 1.52 bits per heavy atom. The first kappa shape index (κ1) is 19.1. The zero-order valence-corrected chi connectivity index (χ0v) is 16.3. The Kier molecular flexibility index (Phi) is 5.07. The van der Waals surface area contributed by atoms with E-state index < -0.39 is 19.9 Å². The van der Waals surface area contributed by atoms with Gasteiger partial charge >= 0.3 is 0 Å². The van der Waals surface area contributed by atoms with Crippen molar-refractivity contribution in [2.24, 2.45) is 0 Å². The van der Waals surface area contributed by atoms with Gasteiger partial charge in [0.2, 0.25) is 0 Å². The summed E-state index contributed by atoms with van der Waals surface area (Å²) in [6.07, 6.45) is 1.50. The van der Waals surface area contributed by atoms with Crippen LogP contribution in [0.4, 0.5) is 5.69 Å². The van der Waals surface area contributed by atoms with E-state index in [0.29, 0.717) is 11.6 Å². The first-order chi connectivity index (χ1) is 12.7. The number of hydrogen-bond acceptors (Lipinski definition) is 6. The lowest BCUT2D eigenvalue weighted by atomic mass is 10.2. The monoisotopic (exact) mass is 406 g/mol. The number of nitrogens with one attached hydrogen (secondary N) is 1. The molecular formula is C18H18N2O5S2. The van der Waals surface area contributed by atoms with Crippen molar-refractivity contribution < 1.29 is 21.3 Å². The molecule has 1 aromatic heterocycles. The van der Waals surface area contributed by atoms with E-state index >= 15 is 0 Å². The largest absolute Gasteiger partial charge is 0.449 e. The maximum Gasteiger partial charge on any atom is 0.261 e. The van der Waals surface area contributed by atoms with Gasteiger partial charge in [0.1, 0.15) is 12.0 Å². The second-order valence-electron chi connectivity index (χ2n) is 5.81. The average molecular weight is 406 g/mol. The van der Waals surface area contributed by atoms with E-state index in [2.05, 4.69) is 9.71 Å². The Bertz CT molecular complexity index is 1150. The fourth-order valence-electron chi connectivity index (χ4n) is 2.41. The van der Waals surface area contributed by atoms with Crippen LogP contribution in [-0.4, -0.2) is 27.6 Å². The van der Waals surface area contributed by atoms with Crippen LogP contribution >= 0.6 is 0 Å². The molecule has 142 valence electrons. The SMILES string of the molecule is CCS(=O)(=O)c1ccc(NS(=O)(=O)c2ccc(-c3coc(C)n3)cc2)cc1. The van der Waals surface area contributed by atoms with Crippen LogP contribution in [0.15, 0.2) is 69.0 Å². The summed E-state index contributed by atoms with van der Waals surface area (Å²) in [4.78, 5) is 4.43. The molecule has 0 fully saturated rings. The Hall–Kier alpha value is -2.65. The van der Waals surface area contributed by atoms with Crippen LogP contribution in [0.3, 0.4) is 0 Å². The molecule has 0 radical (unpaired) electrons. The van der Waals surface area contributed by atoms with E-state index in [1.54, 1.807) is 26.0 Å². The number of nitrogens with zero attached hydrogens (tertiary/aromatic N) is 1. The number of sulfonamides is 1. The van der Waals surface area contributed by atoms with Gasteiger partial charge in [0.15, 0.2) is 15.7 Å². The highest BCUT2D eigenvalue weighted by molar-refractivity contribution is 7.92. The molecule has 0 amide bonds. The molecule has 2 aromatic carbocycles. The van der Waals surface area contributed by atoms with Gasteiger partial charge in [-0.1, -0.05) is 19.1 Å². The third-order valence-electron chi connectivity index (χ3n) is 3.93. The number of hydrogen-bond donors (Lipinski definition) is 1. The molecule has 0 spiro atoms. The molecule has 9 heteroatoms. The van der Waals surface area contributed by atoms with E-state index in [4.69, 9.17) is 4.42 Å². The summed E-state index contributed by atoms with van der Waals surface area (Å²) in [7, 11) is -7.14. The van der Waals surface area contributed by atoms with Gasteiger partial charge in [0.05, 0.1) is 15.5 Å². The standard InChI is InChI=1S/C18H18N2O5S2/c1-3-26(21,22)16-10-6-15(7-11-16)20-27(23,24)17-8-4-14(5-9-17)18-12-25-13(2)19-18/h4-12,20H,3H2,1-2H3. The smallest absolute Gasteiger partial charge is 0.261 e. The Balaban J connectivity index is 1.80. The van der Waals surface area contributed by atoms with E-state index in [1.807, 2.05) is 0 Å². The maximum atomic E-state index is 12.5. The summed E-state index contributed by atoms with van der Waals surface area (Å²) >= 11 is 0. The number of aryl methyl sites for hydroxylation is 1. The normalized spacial score (nSPS) is 12.1. The topological polar surface area (TPSA) is 106 Å². The number of oxazole rings is 1. The Labute approximate surface area is 158 Å². The third-order valence-corrected chi connectivity index (χ3v) is 7.07. The van der Waals surface area contributed by atoms with Crippen LogP contribution in [0.2, 0.25) is 0 Å². The summed E-state index contributed by atoms with van der Waals surface area (Å²) in [6, 6.07) is 11.8. The molecule has 0 unspecified atom stereocenters. The second-order valence-corrected chi connectivity index (χ2v) is 9.77. The highest BCUT2D eigenvalue weighted by Gasteiger charge is 2.16. The highest BCUT2D eigenvalue weighted by Crippen LogP contribution is 2.23. The molecule has 0 aliphatic rings. The summed E-state index contributed by atoms with van der Waals surface area (Å²) in [5.41, 5.74) is 1.64. The minimum atomic E-state index is -3.80. The molecule has 0 saturated carbocycles. The number of anilines is 1. The second kappa shape index (κ2) is 7.16. The molecular weight excluding hydrogens is 388 g/mol. The number of sulfone groups is 1. The van der Waals surface area contributed by atoms with Crippen molar-refractivity contribution in [2.75, 3.05) is 10.5 Å². The summed E-state index contributed by atoms with van der Waals surface area (Å²) in [5, 5.41) is 0. The molecule has 0 bridgehead atoms. The molecule has 0 atom stereocenters. The van der Waals surface area contributed by atoms with Gasteiger partial charge in [-0.3, -0.25) is 4.72 Å². The third kappa shape index (κ3) is 4.20. The predicted octanol–water partition coefficient (Wildman–Crippen LogP) is 3.24. The zero-order valence-electron chi connectivity index (χ0n) is 14.7. The molecule has 7 nitrogen and oxygen atoms in total. The number of aromatic nitrogens is 1. The van der Waals surface area contributed by atoms with Crippen LogP contribution in [-0.2, 0) is 19.9 Å². The van der Waals surface area contributed by atoms with Crippen LogP contribution in [0, 0.1) is 6.92 Å². The molecule has 0 aliphatic heterocycles. The molecule has 3 aromatic rings. The quantitative estimate of drug-likeness (QED) is 0.673. The van der Waals surface area contributed by atoms with Crippen LogP contribution in [0.5, 0.6) is 0 Å². The molecule has 0 saturated heterocycles. The van der Waals surface area contributed by atoms with Crippen molar-refractivity contribution in [2.45, 2.75) is 23.6 Å². The van der Waals surface area contributed by atoms with Crippen LogP contribution in [0.25, 0.3) is 11.3 Å². The van der Waals surface area contributed by atoms with E-state index in [-0.39, 0.29) is 21.2 Å². The van der Waals surface area contributed by atoms with Gasteiger partial charge in [-0.05, 0) is 36.4 Å². The highest BCUT2D eigenvalue weighted by atomic mass is 32.2. The number of rotatable bonds is 6. The first-order valence-electron chi connectivity index (χ1n) is 8.09. The zero-order chi connectivity index (χ0) is 19.7. The molecule has 0 aliphatic carbocycles. The van der Waals surface area contributed by atoms with E-state index in [0.717, 1.165) is 5.56 Å². The van der Waals surface area contributed by atoms with Gasteiger partial charge in [0.25, 0.3) is 10.0 Å². The van der Waals surface area contributed by atoms with Crippen LogP contribution < -0.4 is 4.72 Å². The van der Waals surface area contributed by atoms with Crippen LogP contribution in [0.1, 0.15) is 12.8 Å². The van der Waals surface area contributed by atoms with Gasteiger partial charge < -0.3 is 4.42 Å². The lowest BCUT2D eigenvalue weighted by Crippen LogP contribution is -2.13. The minimum Gasteiger partial charge on any atom is -0.449 e. The fraction of sp³-hybridized carbons (Fsp3) is 0.167. The van der Waals surface area contributed by atoms with Crippen molar-refractivity contribution in [3.8, 4) is 11.3 Å². The summed E-state index contributed by atoms with van der Waals surface area (Å²) < 4.78 is 56.3. The molecule has 1 heterocycles. The molecule has 3 rings (SSSR count). The first-order valence-corrected chi connectivity index (χ1v) is 11.2. The van der Waals surface area contributed by atoms with Crippen molar-refractivity contribution >= 4 is 25.5 Å². The molecule has 1 N–H and O–H groups in total. The van der Waals surface area contributed by atoms with E-state index in [1.165, 1.54) is 42.7 Å². The average Bonchev–Trinajstić information content (AvgIpc) is 3.08. The van der Waals surface area contributed by atoms with Crippen molar-refractivity contribution in [1.82, 2.24) is 4.98 Å². The maximum absolute atomic E-state index is 12.5. The van der Waals surface area contributed by atoms with Crippen molar-refractivity contribution in [3.63, 3.8) is 0 Å².